The van der Waals surface area contributed by atoms with E-state index in [1.54, 1.807) is 22.9 Å². The minimum atomic E-state index is -0.637. The van der Waals surface area contributed by atoms with Crippen LogP contribution in [0.1, 0.15) is 10.5 Å². The van der Waals surface area contributed by atoms with E-state index < -0.39 is 11.9 Å². The molecule has 1 N–H and O–H groups in total. The van der Waals surface area contributed by atoms with E-state index in [0.29, 0.717) is 11.3 Å². The van der Waals surface area contributed by atoms with Crippen molar-refractivity contribution in [2.45, 2.75) is 0 Å². The number of fused-ring (bicyclic) bond motifs is 2. The highest BCUT2D eigenvalue weighted by Crippen LogP contribution is 2.22. The van der Waals surface area contributed by atoms with Crippen molar-refractivity contribution >= 4 is 34.0 Å². The molecule has 1 amide bonds. The quantitative estimate of drug-likeness (QED) is 0.576. The van der Waals surface area contributed by atoms with Gasteiger partial charge in [-0.05, 0) is 23.6 Å². The van der Waals surface area contributed by atoms with Crippen LogP contribution in [0.15, 0.2) is 73.1 Å². The highest BCUT2D eigenvalue weighted by atomic mass is 16.5. The molecule has 0 radical (unpaired) electrons. The normalized spacial score (nSPS) is 10.8. The molecule has 0 bridgehead atoms. The highest BCUT2D eigenvalue weighted by Gasteiger charge is 2.14. The van der Waals surface area contributed by atoms with E-state index in [9.17, 15) is 9.59 Å². The second-order valence-electron chi connectivity index (χ2n) is 5.74. The first-order valence-electron chi connectivity index (χ1n) is 8.09. The number of imidazole rings is 1. The summed E-state index contributed by atoms with van der Waals surface area (Å²) in [6, 6.07) is 18.8. The van der Waals surface area contributed by atoms with Crippen molar-refractivity contribution in [3.05, 3.63) is 78.8 Å². The summed E-state index contributed by atoms with van der Waals surface area (Å²) in [6.45, 7) is -0.379. The van der Waals surface area contributed by atoms with Crippen LogP contribution in [0.5, 0.6) is 0 Å². The van der Waals surface area contributed by atoms with Crippen molar-refractivity contribution < 1.29 is 14.3 Å². The van der Waals surface area contributed by atoms with Gasteiger partial charge in [0.25, 0.3) is 5.91 Å². The van der Waals surface area contributed by atoms with Gasteiger partial charge in [-0.1, -0.05) is 42.5 Å². The Balaban J connectivity index is 1.42. The molecule has 4 aromatic rings. The summed E-state index contributed by atoms with van der Waals surface area (Å²) in [5.74, 6) is -1.04. The van der Waals surface area contributed by atoms with Crippen LogP contribution in [0.3, 0.4) is 0 Å². The van der Waals surface area contributed by atoms with Gasteiger partial charge in [-0.2, -0.15) is 0 Å². The Morgan fingerprint density at radius 3 is 2.69 bits per heavy atom. The monoisotopic (exact) mass is 345 g/mol. The molecule has 2 heterocycles. The summed E-state index contributed by atoms with van der Waals surface area (Å²) < 4.78 is 6.79. The minimum Gasteiger partial charge on any atom is -0.451 e. The molecule has 128 valence electrons. The molecule has 6 heteroatoms. The van der Waals surface area contributed by atoms with Gasteiger partial charge in [0, 0.05) is 23.5 Å². The first-order chi connectivity index (χ1) is 12.7. The molecule has 0 aliphatic rings. The highest BCUT2D eigenvalue weighted by molar-refractivity contribution is 6.03. The number of benzene rings is 2. The third kappa shape index (κ3) is 3.12. The van der Waals surface area contributed by atoms with E-state index >= 15 is 0 Å². The SMILES string of the molecule is O=C(COC(=O)c1cn2ccccc2n1)Nc1cccc2ccccc12. The van der Waals surface area contributed by atoms with Gasteiger partial charge >= 0.3 is 5.97 Å². The van der Waals surface area contributed by atoms with Gasteiger partial charge in [-0.3, -0.25) is 4.79 Å². The number of esters is 1. The van der Waals surface area contributed by atoms with Crippen LogP contribution >= 0.6 is 0 Å². The van der Waals surface area contributed by atoms with Crippen LogP contribution in [-0.4, -0.2) is 27.9 Å². The number of amides is 1. The molecule has 2 aromatic carbocycles. The standard InChI is InChI=1S/C20H15N3O3/c24-19(22-16-9-5-7-14-6-1-2-8-15(14)16)13-26-20(25)17-12-23-11-4-3-10-18(23)21-17/h1-12H,13H2,(H,22,24). The number of pyridine rings is 1. The molecule has 0 spiro atoms. The number of carbonyl (C=O) groups is 2. The van der Waals surface area contributed by atoms with Gasteiger partial charge in [-0.25, -0.2) is 9.78 Å². The molecule has 4 rings (SSSR count). The van der Waals surface area contributed by atoms with Crippen molar-refractivity contribution in [3.63, 3.8) is 0 Å². The maximum absolute atomic E-state index is 12.2. The van der Waals surface area contributed by atoms with Crippen LogP contribution in [0, 0.1) is 0 Å². The lowest BCUT2D eigenvalue weighted by Gasteiger charge is -2.08. The van der Waals surface area contributed by atoms with Gasteiger partial charge in [0.2, 0.25) is 0 Å². The van der Waals surface area contributed by atoms with Crippen molar-refractivity contribution in [3.8, 4) is 0 Å². The van der Waals surface area contributed by atoms with E-state index in [4.69, 9.17) is 4.74 Å². The Morgan fingerprint density at radius 2 is 1.81 bits per heavy atom. The number of hydrogen-bond acceptors (Lipinski definition) is 4. The largest absolute Gasteiger partial charge is 0.451 e. The topological polar surface area (TPSA) is 72.7 Å². The van der Waals surface area contributed by atoms with Gasteiger partial charge < -0.3 is 14.5 Å². The van der Waals surface area contributed by atoms with Crippen LogP contribution in [0.4, 0.5) is 5.69 Å². The van der Waals surface area contributed by atoms with E-state index in [1.807, 2.05) is 54.6 Å². The van der Waals surface area contributed by atoms with E-state index in [1.165, 1.54) is 0 Å². The van der Waals surface area contributed by atoms with Crippen LogP contribution in [0.2, 0.25) is 0 Å². The summed E-state index contributed by atoms with van der Waals surface area (Å²) >= 11 is 0. The molecule has 0 unspecified atom stereocenters. The van der Waals surface area contributed by atoms with Gasteiger partial charge in [0.1, 0.15) is 5.65 Å². The fraction of sp³-hybridized carbons (Fsp3) is 0.0500. The molecule has 2 aromatic heterocycles. The molecular weight excluding hydrogens is 330 g/mol. The third-order valence-corrected chi connectivity index (χ3v) is 3.97. The number of hydrogen-bond donors (Lipinski definition) is 1. The minimum absolute atomic E-state index is 0.161. The molecule has 0 saturated carbocycles. The third-order valence-electron chi connectivity index (χ3n) is 3.97. The summed E-state index contributed by atoms with van der Waals surface area (Å²) in [4.78, 5) is 28.4. The first kappa shape index (κ1) is 15.8. The number of ether oxygens (including phenoxy) is 1. The summed E-state index contributed by atoms with van der Waals surface area (Å²) in [5, 5.41) is 4.72. The summed E-state index contributed by atoms with van der Waals surface area (Å²) in [6.07, 6.45) is 3.35. The molecule has 0 fully saturated rings. The maximum Gasteiger partial charge on any atom is 0.359 e. The van der Waals surface area contributed by atoms with Crippen molar-refractivity contribution in [2.75, 3.05) is 11.9 Å². The number of nitrogens with one attached hydrogen (secondary N) is 1. The van der Waals surface area contributed by atoms with Crippen LogP contribution in [0.25, 0.3) is 16.4 Å². The van der Waals surface area contributed by atoms with E-state index in [-0.39, 0.29) is 12.3 Å². The first-order valence-corrected chi connectivity index (χ1v) is 8.09. The molecule has 0 aliphatic carbocycles. The van der Waals surface area contributed by atoms with Gasteiger partial charge in [0.05, 0.1) is 0 Å². The van der Waals surface area contributed by atoms with E-state index in [0.717, 1.165) is 10.8 Å². The molecular formula is C20H15N3O3. The van der Waals surface area contributed by atoms with Gasteiger partial charge in [0.15, 0.2) is 12.3 Å². The van der Waals surface area contributed by atoms with Crippen molar-refractivity contribution in [2.24, 2.45) is 0 Å². The summed E-state index contributed by atoms with van der Waals surface area (Å²) in [5.41, 5.74) is 1.48. The van der Waals surface area contributed by atoms with E-state index in [2.05, 4.69) is 10.3 Å². The Hall–Kier alpha value is -3.67. The predicted molar refractivity (Wildman–Crippen MR) is 98.1 cm³/mol. The van der Waals surface area contributed by atoms with Crippen molar-refractivity contribution in [1.29, 1.82) is 0 Å². The Labute approximate surface area is 149 Å². The molecule has 26 heavy (non-hydrogen) atoms. The average Bonchev–Trinajstić information content (AvgIpc) is 3.11. The number of carbonyl (C=O) groups excluding carboxylic acids is 2. The average molecular weight is 345 g/mol. The second kappa shape index (κ2) is 6.68. The van der Waals surface area contributed by atoms with Crippen LogP contribution in [-0.2, 0) is 9.53 Å². The number of anilines is 1. The lowest BCUT2D eigenvalue weighted by atomic mass is 10.1. The molecule has 6 nitrogen and oxygen atoms in total. The Kier molecular flexibility index (Phi) is 4.07. The van der Waals surface area contributed by atoms with Crippen LogP contribution < -0.4 is 5.32 Å². The smallest absolute Gasteiger partial charge is 0.359 e. The lowest BCUT2D eigenvalue weighted by molar-refractivity contribution is -0.119. The number of aromatic nitrogens is 2. The second-order valence-corrected chi connectivity index (χ2v) is 5.74. The predicted octanol–water partition coefficient (Wildman–Crippen LogP) is 3.28. The van der Waals surface area contributed by atoms with Gasteiger partial charge in [-0.15, -0.1) is 0 Å². The molecule has 0 saturated heterocycles. The zero-order chi connectivity index (χ0) is 17.9. The summed E-state index contributed by atoms with van der Waals surface area (Å²) in [7, 11) is 0. The lowest BCUT2D eigenvalue weighted by Crippen LogP contribution is -2.21. The fourth-order valence-corrected chi connectivity index (χ4v) is 2.76. The Bertz CT molecular complexity index is 1080. The zero-order valence-electron chi connectivity index (χ0n) is 13.8. The molecule has 0 aliphatic heterocycles. The number of nitrogens with zero attached hydrogens (tertiary/aromatic N) is 2. The van der Waals surface area contributed by atoms with Crippen molar-refractivity contribution in [1.82, 2.24) is 9.38 Å². The molecule has 0 atom stereocenters. The maximum atomic E-state index is 12.2. The fourth-order valence-electron chi connectivity index (χ4n) is 2.76. The Morgan fingerprint density at radius 1 is 1.00 bits per heavy atom. The zero-order valence-corrected chi connectivity index (χ0v) is 13.8. The number of rotatable bonds is 4.